The van der Waals surface area contributed by atoms with Crippen LogP contribution >= 0.6 is 11.6 Å². The fraction of sp³-hybridized carbons (Fsp3) is 0.769. The molecule has 98 valence electrons. The topological polar surface area (TPSA) is 29.9 Å². The molecule has 1 rings (SSSR count). The van der Waals surface area contributed by atoms with Crippen molar-refractivity contribution in [1.29, 1.82) is 0 Å². The molecule has 0 atom stereocenters. The van der Waals surface area contributed by atoms with Crippen molar-refractivity contribution in [2.75, 3.05) is 0 Å². The summed E-state index contributed by atoms with van der Waals surface area (Å²) in [7, 11) is 1.88. The molecule has 0 spiro atoms. The number of hydrogen-bond donors (Lipinski definition) is 1. The molecule has 0 aromatic carbocycles. The summed E-state index contributed by atoms with van der Waals surface area (Å²) in [6.07, 6.45) is 3.41. The number of hydrogen-bond acceptors (Lipinski definition) is 2. The molecular weight excluding hydrogens is 234 g/mol. The Morgan fingerprint density at radius 2 is 1.76 bits per heavy atom. The second-order valence-corrected chi connectivity index (χ2v) is 5.03. The van der Waals surface area contributed by atoms with Gasteiger partial charge >= 0.3 is 0 Å². The Kier molecular flexibility index (Phi) is 5.02. The number of aromatic nitrogens is 2. The fourth-order valence-electron chi connectivity index (χ4n) is 2.28. The largest absolute Gasteiger partial charge is 0.307 e. The van der Waals surface area contributed by atoms with Crippen molar-refractivity contribution in [2.24, 2.45) is 7.05 Å². The highest BCUT2D eigenvalue weighted by Gasteiger charge is 2.24. The van der Waals surface area contributed by atoms with Crippen LogP contribution < -0.4 is 5.32 Å². The van der Waals surface area contributed by atoms with Crippen molar-refractivity contribution in [3.8, 4) is 0 Å². The molecule has 4 heteroatoms. The number of halogens is 1. The minimum atomic E-state index is 0.228. The summed E-state index contributed by atoms with van der Waals surface area (Å²) in [6, 6.07) is 0. The SMILES string of the molecule is CCC(CC)(CC)NCc1c(C)nn(C)c1Cl. The summed E-state index contributed by atoms with van der Waals surface area (Å²) < 4.78 is 1.74. The Balaban J connectivity index is 2.79. The summed E-state index contributed by atoms with van der Waals surface area (Å²) in [5.74, 6) is 0. The Labute approximate surface area is 110 Å². The third-order valence-electron chi connectivity index (χ3n) is 3.94. The van der Waals surface area contributed by atoms with Crippen LogP contribution in [0, 0.1) is 6.92 Å². The minimum absolute atomic E-state index is 0.228. The first-order valence-corrected chi connectivity index (χ1v) is 6.80. The highest BCUT2D eigenvalue weighted by Crippen LogP contribution is 2.23. The first kappa shape index (κ1) is 14.5. The molecule has 0 aliphatic carbocycles. The molecule has 1 N–H and O–H groups in total. The second kappa shape index (κ2) is 5.87. The zero-order valence-electron chi connectivity index (χ0n) is 11.6. The van der Waals surface area contributed by atoms with Gasteiger partial charge in [0.25, 0.3) is 0 Å². The van der Waals surface area contributed by atoms with Gasteiger partial charge in [-0.05, 0) is 26.2 Å². The van der Waals surface area contributed by atoms with Crippen LogP contribution in [0.15, 0.2) is 0 Å². The van der Waals surface area contributed by atoms with Crippen LogP contribution in [-0.4, -0.2) is 15.3 Å². The van der Waals surface area contributed by atoms with Gasteiger partial charge in [0, 0.05) is 24.7 Å². The van der Waals surface area contributed by atoms with Crippen LogP contribution in [0.1, 0.15) is 51.3 Å². The standard InChI is InChI=1S/C13H24ClN3/c1-6-13(7-2,8-3)15-9-11-10(4)16-17(5)12(11)14/h15H,6-9H2,1-5H3. The lowest BCUT2D eigenvalue weighted by Gasteiger charge is -2.32. The van der Waals surface area contributed by atoms with Crippen molar-refractivity contribution in [3.63, 3.8) is 0 Å². The Morgan fingerprint density at radius 3 is 2.12 bits per heavy atom. The molecular formula is C13H24ClN3. The van der Waals surface area contributed by atoms with Gasteiger partial charge < -0.3 is 5.32 Å². The van der Waals surface area contributed by atoms with E-state index in [0.717, 1.165) is 42.2 Å². The molecule has 0 saturated carbocycles. The first-order valence-electron chi connectivity index (χ1n) is 6.42. The van der Waals surface area contributed by atoms with Crippen LogP contribution in [0.4, 0.5) is 0 Å². The van der Waals surface area contributed by atoms with Gasteiger partial charge in [0.15, 0.2) is 0 Å². The molecule has 0 unspecified atom stereocenters. The maximum atomic E-state index is 6.23. The summed E-state index contributed by atoms with van der Waals surface area (Å²) in [5.41, 5.74) is 2.36. The third kappa shape index (κ3) is 3.02. The molecule has 1 aromatic heterocycles. The van der Waals surface area contributed by atoms with E-state index in [1.807, 2.05) is 14.0 Å². The average molecular weight is 258 g/mol. The van der Waals surface area contributed by atoms with E-state index in [0.29, 0.717) is 0 Å². The lowest BCUT2D eigenvalue weighted by atomic mass is 9.89. The van der Waals surface area contributed by atoms with Crippen LogP contribution in [0.3, 0.4) is 0 Å². The lowest BCUT2D eigenvalue weighted by Crippen LogP contribution is -2.43. The van der Waals surface area contributed by atoms with Crippen molar-refractivity contribution in [3.05, 3.63) is 16.4 Å². The summed E-state index contributed by atoms with van der Waals surface area (Å²) in [5, 5.41) is 8.73. The normalized spacial score (nSPS) is 12.1. The van der Waals surface area contributed by atoms with E-state index in [4.69, 9.17) is 11.6 Å². The van der Waals surface area contributed by atoms with Crippen LogP contribution in [0.5, 0.6) is 0 Å². The second-order valence-electron chi connectivity index (χ2n) is 4.67. The monoisotopic (exact) mass is 257 g/mol. The minimum Gasteiger partial charge on any atom is -0.307 e. The predicted molar refractivity (Wildman–Crippen MR) is 73.4 cm³/mol. The average Bonchev–Trinajstić information content (AvgIpc) is 2.57. The molecule has 0 aliphatic heterocycles. The van der Waals surface area contributed by atoms with E-state index >= 15 is 0 Å². The Morgan fingerprint density at radius 1 is 1.24 bits per heavy atom. The highest BCUT2D eigenvalue weighted by molar-refractivity contribution is 6.30. The maximum absolute atomic E-state index is 6.23. The van der Waals surface area contributed by atoms with Gasteiger partial charge in [-0.15, -0.1) is 0 Å². The van der Waals surface area contributed by atoms with Crippen LogP contribution in [0.25, 0.3) is 0 Å². The molecule has 0 amide bonds. The Bertz CT molecular complexity index is 359. The third-order valence-corrected chi connectivity index (χ3v) is 4.41. The van der Waals surface area contributed by atoms with Crippen molar-refractivity contribution >= 4 is 11.6 Å². The van der Waals surface area contributed by atoms with Gasteiger partial charge in [-0.25, -0.2) is 0 Å². The van der Waals surface area contributed by atoms with Gasteiger partial charge in [-0.1, -0.05) is 32.4 Å². The van der Waals surface area contributed by atoms with E-state index in [-0.39, 0.29) is 5.54 Å². The fourth-order valence-corrected chi connectivity index (χ4v) is 2.52. The number of aryl methyl sites for hydroxylation is 2. The number of nitrogens with one attached hydrogen (secondary N) is 1. The first-order chi connectivity index (χ1) is 7.99. The van der Waals surface area contributed by atoms with E-state index in [2.05, 4.69) is 31.2 Å². The summed E-state index contributed by atoms with van der Waals surface area (Å²) in [4.78, 5) is 0. The number of rotatable bonds is 6. The molecule has 0 aliphatic rings. The molecule has 0 radical (unpaired) electrons. The van der Waals surface area contributed by atoms with Crippen molar-refractivity contribution in [2.45, 2.75) is 59.0 Å². The molecule has 17 heavy (non-hydrogen) atoms. The smallest absolute Gasteiger partial charge is 0.131 e. The van der Waals surface area contributed by atoms with Crippen LogP contribution in [0.2, 0.25) is 5.15 Å². The molecule has 1 heterocycles. The van der Waals surface area contributed by atoms with Gasteiger partial charge in [-0.3, -0.25) is 4.68 Å². The summed E-state index contributed by atoms with van der Waals surface area (Å²) >= 11 is 6.23. The van der Waals surface area contributed by atoms with Gasteiger partial charge in [0.1, 0.15) is 5.15 Å². The van der Waals surface area contributed by atoms with E-state index in [1.165, 1.54) is 0 Å². The lowest BCUT2D eigenvalue weighted by molar-refractivity contribution is 0.288. The van der Waals surface area contributed by atoms with Gasteiger partial charge in [0.05, 0.1) is 5.69 Å². The van der Waals surface area contributed by atoms with Gasteiger partial charge in [0.2, 0.25) is 0 Å². The number of nitrogens with zero attached hydrogens (tertiary/aromatic N) is 2. The van der Waals surface area contributed by atoms with Crippen molar-refractivity contribution in [1.82, 2.24) is 15.1 Å². The molecule has 3 nitrogen and oxygen atoms in total. The Hall–Kier alpha value is -0.540. The van der Waals surface area contributed by atoms with E-state index in [1.54, 1.807) is 4.68 Å². The van der Waals surface area contributed by atoms with E-state index in [9.17, 15) is 0 Å². The zero-order valence-corrected chi connectivity index (χ0v) is 12.4. The van der Waals surface area contributed by atoms with E-state index < -0.39 is 0 Å². The highest BCUT2D eigenvalue weighted by atomic mass is 35.5. The molecule has 1 aromatic rings. The molecule has 0 saturated heterocycles. The summed E-state index contributed by atoms with van der Waals surface area (Å²) in [6.45, 7) is 9.51. The quantitative estimate of drug-likeness (QED) is 0.846. The molecule has 0 bridgehead atoms. The predicted octanol–water partition coefficient (Wildman–Crippen LogP) is 3.44. The van der Waals surface area contributed by atoms with Gasteiger partial charge in [-0.2, -0.15) is 5.10 Å². The maximum Gasteiger partial charge on any atom is 0.131 e. The zero-order chi connectivity index (χ0) is 13.1. The van der Waals surface area contributed by atoms with Crippen LogP contribution in [-0.2, 0) is 13.6 Å². The van der Waals surface area contributed by atoms with Crippen molar-refractivity contribution < 1.29 is 0 Å². The molecule has 0 fully saturated rings.